The fourth-order valence-electron chi connectivity index (χ4n) is 2.41. The van der Waals surface area contributed by atoms with Crippen LogP contribution < -0.4 is 5.32 Å². The van der Waals surface area contributed by atoms with E-state index in [-0.39, 0.29) is 5.69 Å². The fraction of sp³-hybridized carbons (Fsp3) is 0.150. The molecule has 0 aliphatic carbocycles. The van der Waals surface area contributed by atoms with Crippen LogP contribution in [-0.4, -0.2) is 28.5 Å². The predicted molar refractivity (Wildman–Crippen MR) is 98.8 cm³/mol. The van der Waals surface area contributed by atoms with E-state index in [0.717, 1.165) is 17.0 Å². The van der Waals surface area contributed by atoms with E-state index in [4.69, 9.17) is 4.74 Å². The van der Waals surface area contributed by atoms with Crippen LogP contribution in [0.5, 0.6) is 0 Å². The molecule has 0 radical (unpaired) electrons. The fourth-order valence-corrected chi connectivity index (χ4v) is 2.41. The lowest BCUT2D eigenvalue weighted by molar-refractivity contribution is -0.119. The quantitative estimate of drug-likeness (QED) is 0.675. The SMILES string of the molecule is Cc1nc(-c2ccc(C(=O)OCC(=O)Nc3ccccc3F)cc2)[nH]c1C. The molecule has 0 aliphatic heterocycles. The maximum Gasteiger partial charge on any atom is 0.338 e. The highest BCUT2D eigenvalue weighted by Gasteiger charge is 2.13. The van der Waals surface area contributed by atoms with E-state index in [1.807, 2.05) is 13.8 Å². The van der Waals surface area contributed by atoms with Gasteiger partial charge in [-0.15, -0.1) is 0 Å². The summed E-state index contributed by atoms with van der Waals surface area (Å²) in [4.78, 5) is 31.5. The molecule has 1 amide bonds. The van der Waals surface area contributed by atoms with Crippen LogP contribution in [0.2, 0.25) is 0 Å². The number of ether oxygens (including phenoxy) is 1. The van der Waals surface area contributed by atoms with Crippen LogP contribution in [0.25, 0.3) is 11.4 Å². The molecule has 6 nitrogen and oxygen atoms in total. The summed E-state index contributed by atoms with van der Waals surface area (Å²) in [5.41, 5.74) is 3.06. The third-order valence-corrected chi connectivity index (χ3v) is 4.00. The first-order valence-electron chi connectivity index (χ1n) is 8.29. The second-order valence-corrected chi connectivity index (χ2v) is 5.98. The zero-order chi connectivity index (χ0) is 19.4. The summed E-state index contributed by atoms with van der Waals surface area (Å²) in [6.45, 7) is 3.34. The number of anilines is 1. The number of rotatable bonds is 5. The minimum atomic E-state index is -0.642. The molecule has 1 heterocycles. The van der Waals surface area contributed by atoms with Crippen LogP contribution in [0, 0.1) is 19.7 Å². The molecule has 2 N–H and O–H groups in total. The molecule has 0 saturated heterocycles. The third kappa shape index (κ3) is 4.38. The van der Waals surface area contributed by atoms with E-state index < -0.39 is 24.3 Å². The molecular formula is C20H18FN3O3. The molecule has 0 atom stereocenters. The van der Waals surface area contributed by atoms with E-state index in [1.54, 1.807) is 30.3 Å². The first-order chi connectivity index (χ1) is 12.9. The zero-order valence-electron chi connectivity index (χ0n) is 14.9. The summed E-state index contributed by atoms with van der Waals surface area (Å²) >= 11 is 0. The Morgan fingerprint density at radius 1 is 1.11 bits per heavy atom. The minimum absolute atomic E-state index is 0.0342. The Balaban J connectivity index is 1.58. The van der Waals surface area contributed by atoms with Crippen molar-refractivity contribution in [2.24, 2.45) is 0 Å². The van der Waals surface area contributed by atoms with Gasteiger partial charge in [-0.25, -0.2) is 14.2 Å². The lowest BCUT2D eigenvalue weighted by atomic mass is 10.1. The van der Waals surface area contributed by atoms with E-state index in [2.05, 4.69) is 15.3 Å². The summed E-state index contributed by atoms with van der Waals surface area (Å²) < 4.78 is 18.5. The van der Waals surface area contributed by atoms with Crippen molar-refractivity contribution in [3.8, 4) is 11.4 Å². The van der Waals surface area contributed by atoms with Crippen molar-refractivity contribution in [1.29, 1.82) is 0 Å². The number of aromatic nitrogens is 2. The van der Waals surface area contributed by atoms with Crippen molar-refractivity contribution in [2.45, 2.75) is 13.8 Å². The number of imidazole rings is 1. The van der Waals surface area contributed by atoms with Crippen LogP contribution in [0.15, 0.2) is 48.5 Å². The maximum absolute atomic E-state index is 13.5. The highest BCUT2D eigenvalue weighted by atomic mass is 19.1. The standard InChI is InChI=1S/C20H18FN3O3/c1-12-13(2)23-19(22-12)14-7-9-15(10-8-14)20(26)27-11-18(25)24-17-6-4-3-5-16(17)21/h3-10H,11H2,1-2H3,(H,22,23)(H,24,25). The lowest BCUT2D eigenvalue weighted by Gasteiger charge is -2.07. The average Bonchev–Trinajstić information content (AvgIpc) is 3.00. The van der Waals surface area contributed by atoms with Gasteiger partial charge < -0.3 is 15.0 Å². The van der Waals surface area contributed by atoms with Gasteiger partial charge in [-0.3, -0.25) is 4.79 Å². The number of para-hydroxylation sites is 1. The number of hydrogen-bond acceptors (Lipinski definition) is 4. The number of halogens is 1. The van der Waals surface area contributed by atoms with Gasteiger partial charge >= 0.3 is 5.97 Å². The van der Waals surface area contributed by atoms with Crippen LogP contribution in [0.3, 0.4) is 0 Å². The Labute approximate surface area is 155 Å². The number of amides is 1. The molecule has 0 unspecified atom stereocenters. The molecule has 3 aromatic rings. The number of aromatic amines is 1. The summed E-state index contributed by atoms with van der Waals surface area (Å²) in [6.07, 6.45) is 0. The van der Waals surface area contributed by atoms with Gasteiger partial charge in [-0.05, 0) is 38.1 Å². The van der Waals surface area contributed by atoms with Crippen LogP contribution in [0.1, 0.15) is 21.7 Å². The molecule has 27 heavy (non-hydrogen) atoms. The van der Waals surface area contributed by atoms with E-state index in [0.29, 0.717) is 11.4 Å². The van der Waals surface area contributed by atoms with Crippen molar-refractivity contribution in [3.63, 3.8) is 0 Å². The molecule has 7 heteroatoms. The maximum atomic E-state index is 13.5. The number of hydrogen-bond donors (Lipinski definition) is 2. The molecule has 3 rings (SSSR count). The van der Waals surface area contributed by atoms with Gasteiger partial charge in [0.25, 0.3) is 5.91 Å². The topological polar surface area (TPSA) is 84.1 Å². The van der Waals surface area contributed by atoms with Crippen molar-refractivity contribution >= 4 is 17.6 Å². The van der Waals surface area contributed by atoms with Crippen LogP contribution in [0.4, 0.5) is 10.1 Å². The number of nitrogens with zero attached hydrogens (tertiary/aromatic N) is 1. The Kier molecular flexibility index (Phi) is 5.30. The van der Waals surface area contributed by atoms with E-state index in [9.17, 15) is 14.0 Å². The summed E-state index contributed by atoms with van der Waals surface area (Å²) in [5.74, 6) is -1.10. The number of nitrogens with one attached hydrogen (secondary N) is 2. The number of carbonyl (C=O) groups excluding carboxylic acids is 2. The highest BCUT2D eigenvalue weighted by molar-refractivity contribution is 5.95. The lowest BCUT2D eigenvalue weighted by Crippen LogP contribution is -2.21. The first-order valence-corrected chi connectivity index (χ1v) is 8.29. The van der Waals surface area contributed by atoms with Crippen molar-refractivity contribution in [1.82, 2.24) is 9.97 Å². The summed E-state index contributed by atoms with van der Waals surface area (Å²) in [6, 6.07) is 12.4. The number of esters is 1. The first kappa shape index (κ1) is 18.3. The number of benzene rings is 2. The third-order valence-electron chi connectivity index (χ3n) is 4.00. The van der Waals surface area contributed by atoms with Gasteiger partial charge in [0, 0.05) is 11.3 Å². The van der Waals surface area contributed by atoms with Gasteiger partial charge in [0.1, 0.15) is 11.6 Å². The second kappa shape index (κ2) is 7.82. The highest BCUT2D eigenvalue weighted by Crippen LogP contribution is 2.19. The Morgan fingerprint density at radius 2 is 1.81 bits per heavy atom. The normalized spacial score (nSPS) is 10.5. The average molecular weight is 367 g/mol. The smallest absolute Gasteiger partial charge is 0.338 e. The number of aryl methyl sites for hydroxylation is 2. The Morgan fingerprint density at radius 3 is 2.44 bits per heavy atom. The molecule has 0 saturated carbocycles. The van der Waals surface area contributed by atoms with Crippen LogP contribution in [-0.2, 0) is 9.53 Å². The van der Waals surface area contributed by atoms with Gasteiger partial charge in [0.15, 0.2) is 6.61 Å². The molecule has 2 aromatic carbocycles. The van der Waals surface area contributed by atoms with E-state index in [1.165, 1.54) is 18.2 Å². The molecular weight excluding hydrogens is 349 g/mol. The zero-order valence-corrected chi connectivity index (χ0v) is 14.9. The molecule has 0 spiro atoms. The van der Waals surface area contributed by atoms with Gasteiger partial charge in [0.05, 0.1) is 16.9 Å². The van der Waals surface area contributed by atoms with E-state index >= 15 is 0 Å². The van der Waals surface area contributed by atoms with Crippen molar-refractivity contribution in [3.05, 3.63) is 71.3 Å². The Hall–Kier alpha value is -3.48. The second-order valence-electron chi connectivity index (χ2n) is 5.98. The molecule has 1 aromatic heterocycles. The molecule has 0 aliphatic rings. The number of H-pyrrole nitrogens is 1. The minimum Gasteiger partial charge on any atom is -0.452 e. The Bertz CT molecular complexity index is 961. The van der Waals surface area contributed by atoms with Crippen molar-refractivity contribution < 1.29 is 18.7 Å². The molecule has 0 bridgehead atoms. The summed E-state index contributed by atoms with van der Waals surface area (Å²) in [5, 5.41) is 2.35. The van der Waals surface area contributed by atoms with Crippen molar-refractivity contribution in [2.75, 3.05) is 11.9 Å². The molecule has 0 fully saturated rings. The summed E-state index contributed by atoms with van der Waals surface area (Å²) in [7, 11) is 0. The predicted octanol–water partition coefficient (Wildman–Crippen LogP) is 3.63. The molecule has 138 valence electrons. The monoisotopic (exact) mass is 367 g/mol. The van der Waals surface area contributed by atoms with Crippen LogP contribution >= 0.6 is 0 Å². The van der Waals surface area contributed by atoms with Gasteiger partial charge in [-0.2, -0.15) is 0 Å². The largest absolute Gasteiger partial charge is 0.452 e. The van der Waals surface area contributed by atoms with Gasteiger partial charge in [-0.1, -0.05) is 24.3 Å². The number of carbonyl (C=O) groups is 2. The van der Waals surface area contributed by atoms with Gasteiger partial charge in [0.2, 0.25) is 0 Å².